The highest BCUT2D eigenvalue weighted by Crippen LogP contribution is 2.28. The van der Waals surface area contributed by atoms with E-state index in [-0.39, 0.29) is 5.91 Å². The molecule has 29 heavy (non-hydrogen) atoms. The van der Waals surface area contributed by atoms with Crippen LogP contribution in [0, 0.1) is 0 Å². The molecule has 1 aliphatic carbocycles. The summed E-state index contributed by atoms with van der Waals surface area (Å²) >= 11 is 0. The van der Waals surface area contributed by atoms with E-state index in [9.17, 15) is 4.79 Å². The molecular formula is C22H29N5O2. The number of hydrogen-bond acceptors (Lipinski definition) is 6. The van der Waals surface area contributed by atoms with E-state index >= 15 is 0 Å². The van der Waals surface area contributed by atoms with E-state index in [1.54, 1.807) is 19.4 Å². The van der Waals surface area contributed by atoms with Crippen LogP contribution in [0.1, 0.15) is 42.6 Å². The van der Waals surface area contributed by atoms with Crippen LogP contribution in [-0.4, -0.2) is 60.1 Å². The summed E-state index contributed by atoms with van der Waals surface area (Å²) in [4.78, 5) is 25.9. The highest BCUT2D eigenvalue weighted by atomic mass is 16.5. The number of piperazine rings is 1. The molecule has 2 heterocycles. The third-order valence-corrected chi connectivity index (χ3v) is 5.81. The number of para-hydroxylation sites is 2. The van der Waals surface area contributed by atoms with Gasteiger partial charge in [0.05, 0.1) is 12.8 Å². The monoisotopic (exact) mass is 395 g/mol. The molecule has 1 N–H and O–H groups in total. The predicted octanol–water partition coefficient (Wildman–Crippen LogP) is 3.19. The molecule has 1 aromatic heterocycles. The number of methoxy groups -OCH3 is 1. The van der Waals surface area contributed by atoms with Crippen molar-refractivity contribution in [3.8, 4) is 5.75 Å². The lowest BCUT2D eigenvalue weighted by molar-refractivity contribution is 0.0740. The molecular weight excluding hydrogens is 366 g/mol. The summed E-state index contributed by atoms with van der Waals surface area (Å²) in [7, 11) is 1.69. The van der Waals surface area contributed by atoms with Gasteiger partial charge in [-0.3, -0.25) is 4.79 Å². The summed E-state index contributed by atoms with van der Waals surface area (Å²) in [6.07, 6.45) is 7.76. The Kier molecular flexibility index (Phi) is 6.12. The van der Waals surface area contributed by atoms with Crippen molar-refractivity contribution in [2.45, 2.75) is 38.1 Å². The zero-order valence-electron chi connectivity index (χ0n) is 17.0. The van der Waals surface area contributed by atoms with Gasteiger partial charge in [0, 0.05) is 38.4 Å². The summed E-state index contributed by atoms with van der Waals surface area (Å²) in [6, 6.07) is 10.1. The average molecular weight is 396 g/mol. The van der Waals surface area contributed by atoms with Crippen LogP contribution in [-0.2, 0) is 0 Å². The van der Waals surface area contributed by atoms with E-state index in [4.69, 9.17) is 4.74 Å². The number of amides is 1. The largest absolute Gasteiger partial charge is 0.495 e. The first-order chi connectivity index (χ1) is 14.2. The van der Waals surface area contributed by atoms with Crippen molar-refractivity contribution in [3.63, 3.8) is 0 Å². The molecule has 1 aromatic carbocycles. The van der Waals surface area contributed by atoms with Gasteiger partial charge >= 0.3 is 0 Å². The highest BCUT2D eigenvalue weighted by Gasteiger charge is 2.25. The van der Waals surface area contributed by atoms with Gasteiger partial charge in [-0.2, -0.15) is 0 Å². The summed E-state index contributed by atoms with van der Waals surface area (Å²) in [5, 5.41) is 3.41. The van der Waals surface area contributed by atoms with Gasteiger partial charge in [-0.25, -0.2) is 9.97 Å². The highest BCUT2D eigenvalue weighted by molar-refractivity contribution is 5.92. The topological polar surface area (TPSA) is 70.6 Å². The van der Waals surface area contributed by atoms with Crippen molar-refractivity contribution >= 4 is 17.5 Å². The molecule has 0 spiro atoms. The van der Waals surface area contributed by atoms with E-state index < -0.39 is 0 Å². The number of anilines is 2. The fourth-order valence-corrected chi connectivity index (χ4v) is 4.18. The smallest absolute Gasteiger partial charge is 0.272 e. The van der Waals surface area contributed by atoms with E-state index in [1.807, 2.05) is 23.1 Å². The normalized spacial score (nSPS) is 17.8. The van der Waals surface area contributed by atoms with Crippen molar-refractivity contribution in [2.75, 3.05) is 43.5 Å². The number of carbonyl (C=O) groups excluding carboxylic acids is 1. The Hall–Kier alpha value is -2.83. The van der Waals surface area contributed by atoms with E-state index in [0.717, 1.165) is 37.4 Å². The molecule has 4 rings (SSSR count). The van der Waals surface area contributed by atoms with Gasteiger partial charge in [0.2, 0.25) is 5.95 Å². The molecule has 1 saturated heterocycles. The Balaban J connectivity index is 1.37. The van der Waals surface area contributed by atoms with Crippen molar-refractivity contribution in [1.29, 1.82) is 0 Å². The minimum atomic E-state index is -0.0289. The van der Waals surface area contributed by atoms with Crippen LogP contribution >= 0.6 is 0 Å². The molecule has 7 nitrogen and oxygen atoms in total. The minimum Gasteiger partial charge on any atom is -0.495 e. The number of nitrogens with one attached hydrogen (secondary N) is 1. The van der Waals surface area contributed by atoms with Crippen molar-refractivity contribution < 1.29 is 9.53 Å². The second-order valence-electron chi connectivity index (χ2n) is 7.70. The van der Waals surface area contributed by atoms with Gasteiger partial charge in [-0.15, -0.1) is 0 Å². The SMILES string of the molecule is COc1ccccc1N1CCN(C(=O)c2ccnc(NC3CCCCC3)n2)CC1. The third-order valence-electron chi connectivity index (χ3n) is 5.81. The molecule has 0 bridgehead atoms. The Bertz CT molecular complexity index is 829. The molecule has 1 saturated carbocycles. The summed E-state index contributed by atoms with van der Waals surface area (Å²) in [6.45, 7) is 2.85. The molecule has 154 valence electrons. The number of benzene rings is 1. The maximum Gasteiger partial charge on any atom is 0.272 e. The zero-order chi connectivity index (χ0) is 20.1. The maximum absolute atomic E-state index is 13.0. The van der Waals surface area contributed by atoms with Gasteiger partial charge in [-0.1, -0.05) is 31.4 Å². The van der Waals surface area contributed by atoms with Crippen LogP contribution in [0.3, 0.4) is 0 Å². The number of carbonyl (C=O) groups is 1. The number of rotatable bonds is 5. The zero-order valence-corrected chi connectivity index (χ0v) is 17.0. The van der Waals surface area contributed by atoms with Crippen LogP contribution in [0.5, 0.6) is 5.75 Å². The summed E-state index contributed by atoms with van der Waals surface area (Å²) in [5.74, 6) is 1.40. The first-order valence-electron chi connectivity index (χ1n) is 10.5. The number of hydrogen-bond donors (Lipinski definition) is 1. The van der Waals surface area contributed by atoms with Gasteiger partial charge in [0.15, 0.2) is 0 Å². The van der Waals surface area contributed by atoms with Gasteiger partial charge in [0.1, 0.15) is 11.4 Å². The van der Waals surface area contributed by atoms with E-state index in [0.29, 0.717) is 30.8 Å². The first kappa shape index (κ1) is 19.5. The molecule has 2 aromatic rings. The Morgan fingerprint density at radius 2 is 1.83 bits per heavy atom. The van der Waals surface area contributed by atoms with Gasteiger partial charge < -0.3 is 19.9 Å². The van der Waals surface area contributed by atoms with E-state index in [1.165, 1.54) is 19.3 Å². The number of nitrogens with zero attached hydrogens (tertiary/aromatic N) is 4. The van der Waals surface area contributed by atoms with Crippen molar-refractivity contribution in [3.05, 3.63) is 42.2 Å². The molecule has 2 aliphatic rings. The molecule has 0 radical (unpaired) electrons. The van der Waals surface area contributed by atoms with Crippen LogP contribution in [0.15, 0.2) is 36.5 Å². The molecule has 7 heteroatoms. The fourth-order valence-electron chi connectivity index (χ4n) is 4.18. The van der Waals surface area contributed by atoms with Crippen LogP contribution in [0.25, 0.3) is 0 Å². The minimum absolute atomic E-state index is 0.0289. The average Bonchev–Trinajstić information content (AvgIpc) is 2.79. The lowest BCUT2D eigenvalue weighted by atomic mass is 9.96. The molecule has 0 atom stereocenters. The Morgan fingerprint density at radius 3 is 2.59 bits per heavy atom. The second kappa shape index (κ2) is 9.11. The van der Waals surface area contributed by atoms with Crippen LogP contribution in [0.2, 0.25) is 0 Å². The van der Waals surface area contributed by atoms with Gasteiger partial charge in [0.25, 0.3) is 5.91 Å². The summed E-state index contributed by atoms with van der Waals surface area (Å²) < 4.78 is 5.47. The van der Waals surface area contributed by atoms with Gasteiger partial charge in [-0.05, 0) is 31.0 Å². The Labute approximate surface area is 172 Å². The third kappa shape index (κ3) is 4.60. The maximum atomic E-state index is 13.0. The lowest BCUT2D eigenvalue weighted by Gasteiger charge is -2.36. The predicted molar refractivity (Wildman–Crippen MR) is 114 cm³/mol. The van der Waals surface area contributed by atoms with Crippen LogP contribution < -0.4 is 15.0 Å². The standard InChI is InChI=1S/C22H29N5O2/c1-29-20-10-6-5-9-19(20)26-13-15-27(16-14-26)21(28)18-11-12-23-22(25-18)24-17-7-3-2-4-8-17/h5-6,9-12,17H,2-4,7-8,13-16H2,1H3,(H,23,24,25). The van der Waals surface area contributed by atoms with E-state index in [2.05, 4.69) is 26.3 Å². The quantitative estimate of drug-likeness (QED) is 0.838. The molecule has 1 aliphatic heterocycles. The van der Waals surface area contributed by atoms with Crippen molar-refractivity contribution in [1.82, 2.24) is 14.9 Å². The number of ether oxygens (including phenoxy) is 1. The van der Waals surface area contributed by atoms with Crippen molar-refractivity contribution in [2.24, 2.45) is 0 Å². The summed E-state index contributed by atoms with van der Waals surface area (Å²) in [5.41, 5.74) is 1.53. The Morgan fingerprint density at radius 1 is 1.07 bits per heavy atom. The number of aromatic nitrogens is 2. The molecule has 2 fully saturated rings. The fraction of sp³-hybridized carbons (Fsp3) is 0.500. The molecule has 0 unspecified atom stereocenters. The van der Waals surface area contributed by atoms with Crippen LogP contribution in [0.4, 0.5) is 11.6 Å². The molecule has 1 amide bonds. The lowest BCUT2D eigenvalue weighted by Crippen LogP contribution is -2.49. The first-order valence-corrected chi connectivity index (χ1v) is 10.5. The second-order valence-corrected chi connectivity index (χ2v) is 7.70.